The van der Waals surface area contributed by atoms with Gasteiger partial charge in [-0.25, -0.2) is 17.5 Å². The predicted molar refractivity (Wildman–Crippen MR) is 73.3 cm³/mol. The summed E-state index contributed by atoms with van der Waals surface area (Å²) < 4.78 is 45.9. The second-order valence-electron chi connectivity index (χ2n) is 4.79. The molecule has 0 radical (unpaired) electrons. The van der Waals surface area contributed by atoms with Gasteiger partial charge in [-0.2, -0.15) is 0 Å². The van der Waals surface area contributed by atoms with Crippen LogP contribution < -0.4 is 10.0 Å². The smallest absolute Gasteiger partial charge is 0.240 e. The summed E-state index contributed by atoms with van der Waals surface area (Å²) in [5.74, 6) is -0.413. The molecular formula is C13H19FN2O3S. The van der Waals surface area contributed by atoms with E-state index in [2.05, 4.69) is 10.0 Å². The standard InChI is InChI=1S/C13H19FN2O3S/c1-15-9-10-8-12(2-3-13(10)14)20(17,18)16-11-4-6-19-7-5-11/h2-3,8,11,15-16H,4-7,9H2,1H3. The Morgan fingerprint density at radius 3 is 2.70 bits per heavy atom. The molecule has 1 aliphatic heterocycles. The van der Waals surface area contributed by atoms with Gasteiger partial charge in [0.25, 0.3) is 0 Å². The van der Waals surface area contributed by atoms with E-state index in [1.807, 2.05) is 0 Å². The number of benzene rings is 1. The van der Waals surface area contributed by atoms with Crippen molar-refractivity contribution in [1.82, 2.24) is 10.0 Å². The van der Waals surface area contributed by atoms with E-state index in [0.717, 1.165) is 0 Å². The minimum absolute atomic E-state index is 0.0932. The van der Waals surface area contributed by atoms with Crippen molar-refractivity contribution in [1.29, 1.82) is 0 Å². The quantitative estimate of drug-likeness (QED) is 0.851. The summed E-state index contributed by atoms with van der Waals surface area (Å²) in [4.78, 5) is 0.0932. The largest absolute Gasteiger partial charge is 0.381 e. The number of halogens is 1. The van der Waals surface area contributed by atoms with Crippen molar-refractivity contribution in [3.63, 3.8) is 0 Å². The van der Waals surface area contributed by atoms with E-state index in [9.17, 15) is 12.8 Å². The van der Waals surface area contributed by atoms with Gasteiger partial charge in [-0.05, 0) is 38.1 Å². The van der Waals surface area contributed by atoms with Crippen molar-refractivity contribution in [2.24, 2.45) is 0 Å². The van der Waals surface area contributed by atoms with Gasteiger partial charge < -0.3 is 10.1 Å². The second-order valence-corrected chi connectivity index (χ2v) is 6.51. The van der Waals surface area contributed by atoms with E-state index in [1.54, 1.807) is 7.05 Å². The lowest BCUT2D eigenvalue weighted by Crippen LogP contribution is -2.38. The van der Waals surface area contributed by atoms with Crippen molar-refractivity contribution in [3.05, 3.63) is 29.6 Å². The Hall–Kier alpha value is -1.02. The van der Waals surface area contributed by atoms with E-state index in [-0.39, 0.29) is 17.5 Å². The Labute approximate surface area is 118 Å². The maximum absolute atomic E-state index is 13.5. The van der Waals surface area contributed by atoms with E-state index in [1.165, 1.54) is 18.2 Å². The molecule has 0 saturated carbocycles. The van der Waals surface area contributed by atoms with E-state index in [0.29, 0.717) is 31.6 Å². The zero-order chi connectivity index (χ0) is 14.6. The molecule has 1 aromatic rings. The average Bonchev–Trinajstić information content (AvgIpc) is 2.42. The number of sulfonamides is 1. The van der Waals surface area contributed by atoms with Gasteiger partial charge in [0, 0.05) is 31.4 Å². The number of ether oxygens (including phenoxy) is 1. The monoisotopic (exact) mass is 302 g/mol. The van der Waals surface area contributed by atoms with Crippen LogP contribution in [0.15, 0.2) is 23.1 Å². The molecule has 0 unspecified atom stereocenters. The van der Waals surface area contributed by atoms with Gasteiger partial charge >= 0.3 is 0 Å². The van der Waals surface area contributed by atoms with Gasteiger partial charge in [0.15, 0.2) is 0 Å². The molecule has 0 aromatic heterocycles. The van der Waals surface area contributed by atoms with Crippen LogP contribution in [0.5, 0.6) is 0 Å². The second kappa shape index (κ2) is 6.62. The maximum atomic E-state index is 13.5. The molecule has 5 nitrogen and oxygen atoms in total. The number of hydrogen-bond donors (Lipinski definition) is 2. The molecule has 1 aromatic carbocycles. The summed E-state index contributed by atoms with van der Waals surface area (Å²) in [5, 5.41) is 2.81. The highest BCUT2D eigenvalue weighted by Crippen LogP contribution is 2.17. The van der Waals surface area contributed by atoms with Crippen LogP contribution in [0, 0.1) is 5.82 Å². The molecular weight excluding hydrogens is 283 g/mol. The highest BCUT2D eigenvalue weighted by atomic mass is 32.2. The molecule has 0 amide bonds. The third-order valence-corrected chi connectivity index (χ3v) is 4.76. The molecule has 1 aliphatic rings. The van der Waals surface area contributed by atoms with Crippen LogP contribution in [-0.4, -0.2) is 34.7 Å². The van der Waals surface area contributed by atoms with Gasteiger partial charge in [0.05, 0.1) is 4.90 Å². The van der Waals surface area contributed by atoms with E-state index in [4.69, 9.17) is 4.74 Å². The molecule has 2 N–H and O–H groups in total. The molecule has 0 bridgehead atoms. The van der Waals surface area contributed by atoms with Crippen molar-refractivity contribution >= 4 is 10.0 Å². The Morgan fingerprint density at radius 2 is 2.05 bits per heavy atom. The molecule has 0 atom stereocenters. The Morgan fingerprint density at radius 1 is 1.35 bits per heavy atom. The molecule has 1 fully saturated rings. The van der Waals surface area contributed by atoms with E-state index >= 15 is 0 Å². The zero-order valence-corrected chi connectivity index (χ0v) is 12.2. The van der Waals surface area contributed by atoms with Gasteiger partial charge in [0.1, 0.15) is 5.82 Å². The first-order valence-electron chi connectivity index (χ1n) is 6.56. The lowest BCUT2D eigenvalue weighted by molar-refractivity contribution is 0.0832. The predicted octanol–water partition coefficient (Wildman–Crippen LogP) is 1.00. The Balaban J connectivity index is 2.17. The summed E-state index contributed by atoms with van der Waals surface area (Å²) in [6, 6.07) is 3.72. The molecule has 2 rings (SSSR count). The van der Waals surface area contributed by atoms with Crippen LogP contribution >= 0.6 is 0 Å². The average molecular weight is 302 g/mol. The number of rotatable bonds is 5. The van der Waals surface area contributed by atoms with Crippen LogP contribution in [0.3, 0.4) is 0 Å². The fourth-order valence-corrected chi connectivity index (χ4v) is 3.50. The third-order valence-electron chi connectivity index (χ3n) is 3.24. The minimum Gasteiger partial charge on any atom is -0.381 e. The van der Waals surface area contributed by atoms with Gasteiger partial charge in [-0.1, -0.05) is 0 Å². The first-order chi connectivity index (χ1) is 9.53. The van der Waals surface area contributed by atoms with Crippen LogP contribution in [0.2, 0.25) is 0 Å². The van der Waals surface area contributed by atoms with Crippen molar-refractivity contribution in [3.8, 4) is 0 Å². The highest BCUT2D eigenvalue weighted by molar-refractivity contribution is 7.89. The summed E-state index contributed by atoms with van der Waals surface area (Å²) in [6.45, 7) is 1.40. The first-order valence-corrected chi connectivity index (χ1v) is 8.04. The number of hydrogen-bond acceptors (Lipinski definition) is 4. The molecule has 0 aliphatic carbocycles. The van der Waals surface area contributed by atoms with Crippen molar-refractivity contribution in [2.45, 2.75) is 30.3 Å². The fraction of sp³-hybridized carbons (Fsp3) is 0.538. The fourth-order valence-electron chi connectivity index (χ4n) is 2.15. The third kappa shape index (κ3) is 3.76. The molecule has 20 heavy (non-hydrogen) atoms. The molecule has 112 valence electrons. The normalized spacial score (nSPS) is 17.3. The lowest BCUT2D eigenvalue weighted by Gasteiger charge is -2.23. The molecule has 1 heterocycles. The van der Waals surface area contributed by atoms with Crippen LogP contribution in [0.4, 0.5) is 4.39 Å². The maximum Gasteiger partial charge on any atom is 0.240 e. The highest BCUT2D eigenvalue weighted by Gasteiger charge is 2.22. The first kappa shape index (κ1) is 15.4. The minimum atomic E-state index is -3.62. The van der Waals surface area contributed by atoms with Crippen LogP contribution in [-0.2, 0) is 21.3 Å². The zero-order valence-electron chi connectivity index (χ0n) is 11.4. The summed E-state index contributed by atoms with van der Waals surface area (Å²) in [6.07, 6.45) is 1.31. The Bertz CT molecular complexity index is 557. The topological polar surface area (TPSA) is 67.4 Å². The Kier molecular flexibility index (Phi) is 5.09. The number of nitrogens with one attached hydrogen (secondary N) is 2. The van der Waals surface area contributed by atoms with Gasteiger partial charge in [-0.15, -0.1) is 0 Å². The summed E-state index contributed by atoms with van der Waals surface area (Å²) in [7, 11) is -1.94. The van der Waals surface area contributed by atoms with Gasteiger partial charge in [0.2, 0.25) is 10.0 Å². The SMILES string of the molecule is CNCc1cc(S(=O)(=O)NC2CCOCC2)ccc1F. The lowest BCUT2D eigenvalue weighted by atomic mass is 10.1. The molecule has 1 saturated heterocycles. The van der Waals surface area contributed by atoms with Crippen LogP contribution in [0.25, 0.3) is 0 Å². The van der Waals surface area contributed by atoms with E-state index < -0.39 is 15.8 Å². The van der Waals surface area contributed by atoms with Crippen LogP contribution in [0.1, 0.15) is 18.4 Å². The van der Waals surface area contributed by atoms with Gasteiger partial charge in [-0.3, -0.25) is 0 Å². The van der Waals surface area contributed by atoms with Crippen molar-refractivity contribution in [2.75, 3.05) is 20.3 Å². The molecule has 7 heteroatoms. The summed E-state index contributed by atoms with van der Waals surface area (Å²) >= 11 is 0. The molecule has 0 spiro atoms. The van der Waals surface area contributed by atoms with Crippen molar-refractivity contribution < 1.29 is 17.5 Å². The summed E-state index contributed by atoms with van der Waals surface area (Å²) in [5.41, 5.74) is 0.336.